The van der Waals surface area contributed by atoms with Crippen LogP contribution in [-0.2, 0) is 4.74 Å². The lowest BCUT2D eigenvalue weighted by Gasteiger charge is -2.19. The van der Waals surface area contributed by atoms with Crippen LogP contribution in [0, 0.1) is 11.8 Å². The number of carbonyl (C=O) groups excluding carboxylic acids is 1. The second-order valence-electron chi connectivity index (χ2n) is 5.19. The number of nitrogens with one attached hydrogen (secondary N) is 1. The molecule has 1 aliphatic carbocycles. The molecule has 0 aliphatic heterocycles. The summed E-state index contributed by atoms with van der Waals surface area (Å²) >= 11 is 0. The maximum atomic E-state index is 11.2. The van der Waals surface area contributed by atoms with Gasteiger partial charge in [-0.15, -0.1) is 0 Å². The molecule has 0 saturated heterocycles. The minimum Gasteiger partial charge on any atom is -0.444 e. The SMILES string of the molecule is C[C@H]1CC1CCNC(=O)OC(C)(C)C. The fraction of sp³-hybridized carbons (Fsp3) is 0.909. The smallest absolute Gasteiger partial charge is 0.407 e. The Kier molecular flexibility index (Phi) is 3.40. The van der Waals surface area contributed by atoms with E-state index in [9.17, 15) is 4.79 Å². The number of amides is 1. The molecule has 0 aromatic carbocycles. The molecule has 1 fully saturated rings. The van der Waals surface area contributed by atoms with Crippen molar-refractivity contribution < 1.29 is 9.53 Å². The summed E-state index contributed by atoms with van der Waals surface area (Å²) in [7, 11) is 0. The van der Waals surface area contributed by atoms with Crippen molar-refractivity contribution in [3.8, 4) is 0 Å². The second kappa shape index (κ2) is 4.20. The molecule has 1 amide bonds. The summed E-state index contributed by atoms with van der Waals surface area (Å²) in [6.45, 7) is 8.60. The van der Waals surface area contributed by atoms with Gasteiger partial charge in [-0.25, -0.2) is 4.79 Å². The molecule has 0 bridgehead atoms. The first-order valence-corrected chi connectivity index (χ1v) is 5.35. The van der Waals surface area contributed by atoms with E-state index in [0.717, 1.165) is 24.8 Å². The van der Waals surface area contributed by atoms with Gasteiger partial charge < -0.3 is 10.1 Å². The Morgan fingerprint density at radius 3 is 2.50 bits per heavy atom. The first-order chi connectivity index (χ1) is 6.38. The average Bonchev–Trinajstić information content (AvgIpc) is 2.62. The van der Waals surface area contributed by atoms with Crippen molar-refractivity contribution in [2.75, 3.05) is 6.54 Å². The number of rotatable bonds is 3. The highest BCUT2D eigenvalue weighted by molar-refractivity contribution is 5.67. The zero-order valence-corrected chi connectivity index (χ0v) is 9.59. The van der Waals surface area contributed by atoms with Gasteiger partial charge in [0, 0.05) is 6.54 Å². The lowest BCUT2D eigenvalue weighted by Crippen LogP contribution is -2.33. The van der Waals surface area contributed by atoms with E-state index in [-0.39, 0.29) is 6.09 Å². The number of carbonyl (C=O) groups is 1. The molecule has 2 atom stereocenters. The molecule has 1 saturated carbocycles. The van der Waals surface area contributed by atoms with Crippen LogP contribution in [0.4, 0.5) is 4.79 Å². The van der Waals surface area contributed by atoms with E-state index in [1.54, 1.807) is 0 Å². The molecule has 0 aromatic heterocycles. The molecule has 1 rings (SSSR count). The maximum absolute atomic E-state index is 11.2. The van der Waals surface area contributed by atoms with Gasteiger partial charge in [-0.3, -0.25) is 0 Å². The zero-order valence-electron chi connectivity index (χ0n) is 9.59. The van der Waals surface area contributed by atoms with Crippen LogP contribution >= 0.6 is 0 Å². The van der Waals surface area contributed by atoms with Crippen molar-refractivity contribution in [2.45, 2.75) is 46.1 Å². The topological polar surface area (TPSA) is 38.3 Å². The average molecular weight is 199 g/mol. The molecule has 14 heavy (non-hydrogen) atoms. The van der Waals surface area contributed by atoms with Crippen molar-refractivity contribution in [1.82, 2.24) is 5.32 Å². The van der Waals surface area contributed by atoms with Crippen LogP contribution in [0.25, 0.3) is 0 Å². The minimum atomic E-state index is -0.392. The normalized spacial score (nSPS) is 25.7. The molecule has 1 N–H and O–H groups in total. The second-order valence-corrected chi connectivity index (χ2v) is 5.19. The van der Waals surface area contributed by atoms with Gasteiger partial charge >= 0.3 is 6.09 Å². The molecule has 0 heterocycles. The summed E-state index contributed by atoms with van der Waals surface area (Å²) in [5.74, 6) is 1.68. The first-order valence-electron chi connectivity index (χ1n) is 5.35. The van der Waals surface area contributed by atoms with Crippen LogP contribution in [0.1, 0.15) is 40.5 Å². The largest absolute Gasteiger partial charge is 0.444 e. The van der Waals surface area contributed by atoms with E-state index in [2.05, 4.69) is 12.2 Å². The fourth-order valence-corrected chi connectivity index (χ4v) is 1.48. The van der Waals surface area contributed by atoms with E-state index in [1.807, 2.05) is 20.8 Å². The van der Waals surface area contributed by atoms with Crippen LogP contribution in [0.15, 0.2) is 0 Å². The van der Waals surface area contributed by atoms with E-state index in [1.165, 1.54) is 6.42 Å². The molecule has 0 spiro atoms. The van der Waals surface area contributed by atoms with Crippen molar-refractivity contribution in [3.05, 3.63) is 0 Å². The maximum Gasteiger partial charge on any atom is 0.407 e. The molecule has 0 aromatic rings. The van der Waals surface area contributed by atoms with Gasteiger partial charge in [0.2, 0.25) is 0 Å². The number of hydrogen-bond acceptors (Lipinski definition) is 2. The van der Waals surface area contributed by atoms with Crippen LogP contribution < -0.4 is 5.32 Å². The Balaban J connectivity index is 2.03. The molecule has 1 aliphatic rings. The Bertz CT molecular complexity index is 208. The van der Waals surface area contributed by atoms with Gasteiger partial charge in [0.15, 0.2) is 0 Å². The van der Waals surface area contributed by atoms with Crippen molar-refractivity contribution in [1.29, 1.82) is 0 Å². The predicted molar refractivity (Wildman–Crippen MR) is 56.1 cm³/mol. The minimum absolute atomic E-state index is 0.300. The number of ether oxygens (including phenoxy) is 1. The predicted octanol–water partition coefficient (Wildman–Crippen LogP) is 2.56. The van der Waals surface area contributed by atoms with Gasteiger partial charge in [0.1, 0.15) is 5.60 Å². The van der Waals surface area contributed by atoms with Crippen LogP contribution in [0.3, 0.4) is 0 Å². The third-order valence-electron chi connectivity index (χ3n) is 2.46. The van der Waals surface area contributed by atoms with E-state index < -0.39 is 5.60 Å². The Hall–Kier alpha value is -0.730. The van der Waals surface area contributed by atoms with Gasteiger partial charge in [-0.05, 0) is 45.4 Å². The molecule has 0 radical (unpaired) electrons. The van der Waals surface area contributed by atoms with Gasteiger partial charge in [0.05, 0.1) is 0 Å². The third kappa shape index (κ3) is 4.49. The highest BCUT2D eigenvalue weighted by Crippen LogP contribution is 2.39. The van der Waals surface area contributed by atoms with Crippen LogP contribution in [0.2, 0.25) is 0 Å². The van der Waals surface area contributed by atoms with Gasteiger partial charge in [-0.2, -0.15) is 0 Å². The molecule has 3 heteroatoms. The third-order valence-corrected chi connectivity index (χ3v) is 2.46. The Morgan fingerprint density at radius 1 is 1.50 bits per heavy atom. The quantitative estimate of drug-likeness (QED) is 0.758. The molecule has 1 unspecified atom stereocenters. The number of hydrogen-bond donors (Lipinski definition) is 1. The monoisotopic (exact) mass is 199 g/mol. The Morgan fingerprint density at radius 2 is 2.07 bits per heavy atom. The van der Waals surface area contributed by atoms with Gasteiger partial charge in [-0.1, -0.05) is 6.92 Å². The molecule has 3 nitrogen and oxygen atoms in total. The number of alkyl carbamates (subject to hydrolysis) is 1. The summed E-state index contributed by atoms with van der Waals surface area (Å²) in [5.41, 5.74) is -0.392. The highest BCUT2D eigenvalue weighted by Gasteiger charge is 2.31. The van der Waals surface area contributed by atoms with E-state index in [4.69, 9.17) is 4.74 Å². The van der Waals surface area contributed by atoms with Crippen molar-refractivity contribution in [3.63, 3.8) is 0 Å². The molecular weight excluding hydrogens is 178 g/mol. The van der Waals surface area contributed by atoms with E-state index >= 15 is 0 Å². The first kappa shape index (κ1) is 11.3. The molecular formula is C11H21NO2. The summed E-state index contributed by atoms with van der Waals surface area (Å²) in [4.78, 5) is 11.2. The summed E-state index contributed by atoms with van der Waals surface area (Å²) in [6.07, 6.45) is 2.10. The summed E-state index contributed by atoms with van der Waals surface area (Å²) in [5, 5.41) is 2.77. The zero-order chi connectivity index (χ0) is 10.8. The van der Waals surface area contributed by atoms with E-state index in [0.29, 0.717) is 0 Å². The van der Waals surface area contributed by atoms with Crippen molar-refractivity contribution >= 4 is 6.09 Å². The highest BCUT2D eigenvalue weighted by atomic mass is 16.6. The standard InChI is InChI=1S/C11H21NO2/c1-8-7-9(8)5-6-12-10(13)14-11(2,3)4/h8-9H,5-7H2,1-4H3,(H,12,13)/t8-,9?/m0/s1. The van der Waals surface area contributed by atoms with Crippen molar-refractivity contribution in [2.24, 2.45) is 11.8 Å². The van der Waals surface area contributed by atoms with Crippen LogP contribution in [0.5, 0.6) is 0 Å². The molecule has 82 valence electrons. The summed E-state index contributed by atoms with van der Waals surface area (Å²) < 4.78 is 5.12. The van der Waals surface area contributed by atoms with Crippen LogP contribution in [-0.4, -0.2) is 18.2 Å². The summed E-state index contributed by atoms with van der Waals surface area (Å²) in [6, 6.07) is 0. The fourth-order valence-electron chi connectivity index (χ4n) is 1.48. The lowest BCUT2D eigenvalue weighted by atomic mass is 10.2. The van der Waals surface area contributed by atoms with Gasteiger partial charge in [0.25, 0.3) is 0 Å². The lowest BCUT2D eigenvalue weighted by molar-refractivity contribution is 0.0526. The Labute approximate surface area is 86.2 Å².